The van der Waals surface area contributed by atoms with Crippen molar-refractivity contribution < 1.29 is 0 Å². The van der Waals surface area contributed by atoms with E-state index in [-0.39, 0.29) is 0 Å². The first-order valence-corrected chi connectivity index (χ1v) is 6.19. The first kappa shape index (κ1) is 12.2. The molecular formula is C14H17ClN2. The second-order valence-corrected chi connectivity index (χ2v) is 4.65. The Morgan fingerprint density at radius 1 is 1.47 bits per heavy atom. The van der Waals surface area contributed by atoms with E-state index < -0.39 is 0 Å². The van der Waals surface area contributed by atoms with Crippen molar-refractivity contribution in [1.29, 1.82) is 0 Å². The van der Waals surface area contributed by atoms with E-state index in [2.05, 4.69) is 23.8 Å². The molecule has 1 unspecified atom stereocenters. The molecule has 17 heavy (non-hydrogen) atoms. The van der Waals surface area contributed by atoms with Gasteiger partial charge in [0.2, 0.25) is 0 Å². The predicted octanol–water partition coefficient (Wildman–Crippen LogP) is 3.88. The molecule has 2 N–H and O–H groups in total. The molecule has 2 aromatic rings. The molecule has 0 saturated heterocycles. The Morgan fingerprint density at radius 3 is 2.94 bits per heavy atom. The molecule has 0 aliphatic rings. The highest BCUT2D eigenvalue weighted by Crippen LogP contribution is 2.26. The third-order valence-electron chi connectivity index (χ3n) is 2.86. The van der Waals surface area contributed by atoms with Crippen molar-refractivity contribution in [2.75, 3.05) is 0 Å². The number of hydrogen-bond donors (Lipinski definition) is 2. The van der Waals surface area contributed by atoms with Crippen LogP contribution < -0.4 is 5.32 Å². The fraction of sp³-hybridized carbons (Fsp3) is 0.286. The van der Waals surface area contributed by atoms with Crippen molar-refractivity contribution in [1.82, 2.24) is 10.3 Å². The Hall–Kier alpha value is -1.25. The van der Waals surface area contributed by atoms with E-state index in [4.69, 9.17) is 11.6 Å². The highest BCUT2D eigenvalue weighted by atomic mass is 35.5. The quantitative estimate of drug-likeness (QED) is 0.773. The zero-order chi connectivity index (χ0) is 12.3. The SMILES string of the molecule is C=CCC(C)NCc1[nH]c2ccccc2c1Cl. The maximum absolute atomic E-state index is 6.33. The highest BCUT2D eigenvalue weighted by molar-refractivity contribution is 6.36. The average molecular weight is 249 g/mol. The van der Waals surface area contributed by atoms with Gasteiger partial charge in [-0.15, -0.1) is 6.58 Å². The first-order chi connectivity index (χ1) is 8.22. The summed E-state index contributed by atoms with van der Waals surface area (Å²) in [5.41, 5.74) is 2.13. The van der Waals surface area contributed by atoms with Crippen LogP contribution in [0.1, 0.15) is 19.0 Å². The lowest BCUT2D eigenvalue weighted by molar-refractivity contribution is 0.549. The Labute approximate surface area is 107 Å². The number of hydrogen-bond acceptors (Lipinski definition) is 1. The molecular weight excluding hydrogens is 232 g/mol. The zero-order valence-electron chi connectivity index (χ0n) is 9.96. The molecule has 1 heterocycles. The molecule has 0 fully saturated rings. The summed E-state index contributed by atoms with van der Waals surface area (Å²) >= 11 is 6.33. The minimum absolute atomic E-state index is 0.412. The van der Waals surface area contributed by atoms with Crippen LogP contribution in [0, 0.1) is 0 Å². The number of H-pyrrole nitrogens is 1. The van der Waals surface area contributed by atoms with E-state index in [0.29, 0.717) is 6.04 Å². The molecule has 0 amide bonds. The molecule has 0 aliphatic heterocycles. The van der Waals surface area contributed by atoms with Crippen molar-refractivity contribution in [3.63, 3.8) is 0 Å². The molecule has 0 saturated carbocycles. The van der Waals surface area contributed by atoms with E-state index in [1.54, 1.807) is 0 Å². The summed E-state index contributed by atoms with van der Waals surface area (Å²) in [4.78, 5) is 3.34. The fourth-order valence-electron chi connectivity index (χ4n) is 1.89. The molecule has 0 aliphatic carbocycles. The average Bonchev–Trinajstić information content (AvgIpc) is 2.65. The van der Waals surface area contributed by atoms with Gasteiger partial charge in [0, 0.05) is 29.2 Å². The number of para-hydroxylation sites is 1. The van der Waals surface area contributed by atoms with Crippen LogP contribution in [0.4, 0.5) is 0 Å². The summed E-state index contributed by atoms with van der Waals surface area (Å²) < 4.78 is 0. The minimum Gasteiger partial charge on any atom is -0.356 e. The lowest BCUT2D eigenvalue weighted by Gasteiger charge is -2.10. The summed E-state index contributed by atoms with van der Waals surface area (Å²) in [7, 11) is 0. The van der Waals surface area contributed by atoms with Crippen molar-refractivity contribution in [3.05, 3.63) is 47.6 Å². The van der Waals surface area contributed by atoms with Gasteiger partial charge >= 0.3 is 0 Å². The zero-order valence-corrected chi connectivity index (χ0v) is 10.7. The normalized spacial score (nSPS) is 12.8. The molecule has 3 heteroatoms. The number of aromatic amines is 1. The Bertz CT molecular complexity index is 516. The van der Waals surface area contributed by atoms with Gasteiger partial charge in [0.1, 0.15) is 0 Å². The van der Waals surface area contributed by atoms with Gasteiger partial charge in [-0.1, -0.05) is 35.9 Å². The fourth-order valence-corrected chi connectivity index (χ4v) is 2.17. The number of benzene rings is 1. The van der Waals surface area contributed by atoms with E-state index in [1.165, 1.54) is 0 Å². The van der Waals surface area contributed by atoms with Gasteiger partial charge in [0.25, 0.3) is 0 Å². The number of nitrogens with one attached hydrogen (secondary N) is 2. The van der Waals surface area contributed by atoms with Gasteiger partial charge < -0.3 is 10.3 Å². The van der Waals surface area contributed by atoms with Crippen LogP contribution in [-0.4, -0.2) is 11.0 Å². The molecule has 1 aromatic carbocycles. The lowest BCUT2D eigenvalue weighted by atomic mass is 10.2. The van der Waals surface area contributed by atoms with Crippen molar-refractivity contribution in [3.8, 4) is 0 Å². The van der Waals surface area contributed by atoms with Crippen LogP contribution in [0.25, 0.3) is 10.9 Å². The van der Waals surface area contributed by atoms with Gasteiger partial charge in [-0.2, -0.15) is 0 Å². The van der Waals surface area contributed by atoms with Gasteiger partial charge in [0.05, 0.1) is 5.02 Å². The summed E-state index contributed by atoms with van der Waals surface area (Å²) in [5.74, 6) is 0. The van der Waals surface area contributed by atoms with Crippen LogP contribution in [0.5, 0.6) is 0 Å². The molecule has 0 radical (unpaired) electrons. The number of aromatic nitrogens is 1. The van der Waals surface area contributed by atoms with Gasteiger partial charge in [-0.3, -0.25) is 0 Å². The van der Waals surface area contributed by atoms with Gasteiger partial charge in [-0.05, 0) is 19.4 Å². The first-order valence-electron chi connectivity index (χ1n) is 5.81. The van der Waals surface area contributed by atoms with E-state index in [9.17, 15) is 0 Å². The molecule has 1 atom stereocenters. The maximum Gasteiger partial charge on any atom is 0.0705 e. The second-order valence-electron chi connectivity index (χ2n) is 4.27. The van der Waals surface area contributed by atoms with Gasteiger partial charge in [-0.25, -0.2) is 0 Å². The maximum atomic E-state index is 6.33. The molecule has 0 spiro atoms. The van der Waals surface area contributed by atoms with Crippen molar-refractivity contribution in [2.24, 2.45) is 0 Å². The van der Waals surface area contributed by atoms with E-state index in [0.717, 1.165) is 34.6 Å². The van der Waals surface area contributed by atoms with Crippen LogP contribution in [0.2, 0.25) is 5.02 Å². The van der Waals surface area contributed by atoms with Crippen LogP contribution in [0.3, 0.4) is 0 Å². The minimum atomic E-state index is 0.412. The Kier molecular flexibility index (Phi) is 3.87. The lowest BCUT2D eigenvalue weighted by Crippen LogP contribution is -2.24. The van der Waals surface area contributed by atoms with E-state index in [1.807, 2.05) is 30.3 Å². The highest BCUT2D eigenvalue weighted by Gasteiger charge is 2.09. The van der Waals surface area contributed by atoms with Crippen molar-refractivity contribution >= 4 is 22.5 Å². The Balaban J connectivity index is 2.13. The van der Waals surface area contributed by atoms with Crippen molar-refractivity contribution in [2.45, 2.75) is 25.9 Å². The summed E-state index contributed by atoms with van der Waals surface area (Å²) in [6.45, 7) is 6.62. The monoisotopic (exact) mass is 248 g/mol. The van der Waals surface area contributed by atoms with Crippen LogP contribution in [-0.2, 0) is 6.54 Å². The second kappa shape index (κ2) is 5.39. The van der Waals surface area contributed by atoms with Gasteiger partial charge in [0.15, 0.2) is 0 Å². The number of fused-ring (bicyclic) bond motifs is 1. The van der Waals surface area contributed by atoms with Crippen LogP contribution >= 0.6 is 11.6 Å². The summed E-state index contributed by atoms with van der Waals surface area (Å²) in [6.07, 6.45) is 2.88. The summed E-state index contributed by atoms with van der Waals surface area (Å²) in [6, 6.07) is 8.49. The topological polar surface area (TPSA) is 27.8 Å². The molecule has 0 bridgehead atoms. The van der Waals surface area contributed by atoms with Crippen LogP contribution in [0.15, 0.2) is 36.9 Å². The van der Waals surface area contributed by atoms with E-state index >= 15 is 0 Å². The third-order valence-corrected chi connectivity index (χ3v) is 3.29. The third kappa shape index (κ3) is 2.71. The standard InChI is InChI=1S/C14H17ClN2/c1-3-6-10(2)16-9-13-14(15)11-7-4-5-8-12(11)17-13/h3-5,7-8,10,16-17H,1,6,9H2,2H3. The smallest absolute Gasteiger partial charge is 0.0705 e. The Morgan fingerprint density at radius 2 is 2.24 bits per heavy atom. The number of halogens is 1. The summed E-state index contributed by atoms with van der Waals surface area (Å²) in [5, 5.41) is 5.32. The number of rotatable bonds is 5. The molecule has 90 valence electrons. The largest absolute Gasteiger partial charge is 0.356 e. The predicted molar refractivity (Wildman–Crippen MR) is 74.4 cm³/mol. The molecule has 1 aromatic heterocycles. The molecule has 2 rings (SSSR count). The molecule has 2 nitrogen and oxygen atoms in total.